The number of carbonyl (C=O) groups excluding carboxylic acids is 1. The summed E-state index contributed by atoms with van der Waals surface area (Å²) in [5, 5.41) is 24.3. The molecule has 4 rings (SSSR count). The number of carbonyl (C=O) groups is 2. The fourth-order valence-corrected chi connectivity index (χ4v) is 4.59. The number of allylic oxidation sites excluding steroid dienone is 1. The Bertz CT molecular complexity index is 1460. The summed E-state index contributed by atoms with van der Waals surface area (Å²) >= 11 is 0. The maximum absolute atomic E-state index is 12.2. The molecule has 2 N–H and O–H groups in total. The molecule has 0 saturated carbocycles. The van der Waals surface area contributed by atoms with Crippen LogP contribution in [0.2, 0.25) is 0 Å². The third-order valence-electron chi connectivity index (χ3n) is 6.69. The molecule has 2 heterocycles. The van der Waals surface area contributed by atoms with Gasteiger partial charge in [-0.3, -0.25) is 15.0 Å². The highest BCUT2D eigenvalue weighted by molar-refractivity contribution is 5.95. The molecule has 0 amide bonds. The van der Waals surface area contributed by atoms with Gasteiger partial charge in [0.15, 0.2) is 5.69 Å². The predicted molar refractivity (Wildman–Crippen MR) is 153 cm³/mol. The highest BCUT2D eigenvalue weighted by Gasteiger charge is 2.24. The van der Waals surface area contributed by atoms with Crippen molar-refractivity contribution in [3.05, 3.63) is 64.0 Å². The van der Waals surface area contributed by atoms with E-state index in [9.17, 15) is 24.8 Å². The first kappa shape index (κ1) is 30.3. The first-order valence-electron chi connectivity index (χ1n) is 13.3. The minimum atomic E-state index is -1.08. The number of aromatic carboxylic acids is 1. The van der Waals surface area contributed by atoms with E-state index >= 15 is 0 Å². The zero-order chi connectivity index (χ0) is 30.1. The van der Waals surface area contributed by atoms with Crippen LogP contribution in [-0.2, 0) is 16.0 Å². The molecule has 0 atom stereocenters. The smallest absolute Gasteiger partial charge is 0.338 e. The number of aromatic nitrogens is 2. The number of fused-ring (bicyclic) bond motifs is 1. The van der Waals surface area contributed by atoms with Crippen molar-refractivity contribution in [2.45, 2.75) is 13.0 Å². The lowest BCUT2D eigenvalue weighted by Crippen LogP contribution is -2.37. The summed E-state index contributed by atoms with van der Waals surface area (Å²) in [7, 11) is 2.66. The maximum atomic E-state index is 12.2. The van der Waals surface area contributed by atoms with Crippen molar-refractivity contribution in [1.29, 1.82) is 0 Å². The maximum Gasteiger partial charge on any atom is 0.338 e. The number of nitro groups is 1. The molecule has 0 spiro atoms. The van der Waals surface area contributed by atoms with Gasteiger partial charge in [-0.1, -0.05) is 12.2 Å². The van der Waals surface area contributed by atoms with Gasteiger partial charge in [0.1, 0.15) is 17.0 Å². The summed E-state index contributed by atoms with van der Waals surface area (Å²) in [6, 6.07) is 5.51. The minimum absolute atomic E-state index is 0.0143. The van der Waals surface area contributed by atoms with Crippen LogP contribution in [0.15, 0.2) is 42.7 Å². The standard InChI is InChI=1S/C28H33N5O9/c1-39-24-16-19(27(34)35)14-21-26(24)32(18-30-21)8-4-3-6-29-25-22(33(37)38)15-20(28(36)40-2)17-23(25)42-11-5-7-31-9-12-41-13-10-31/h3-4,14-18,29H,5-13H2,1-2H3,(H,34,35). The first-order chi connectivity index (χ1) is 20.3. The molecule has 1 fully saturated rings. The second-order valence-electron chi connectivity index (χ2n) is 9.37. The molecular weight excluding hydrogens is 550 g/mol. The van der Waals surface area contributed by atoms with E-state index in [1.807, 2.05) is 6.08 Å². The first-order valence-corrected chi connectivity index (χ1v) is 13.3. The van der Waals surface area contributed by atoms with Gasteiger partial charge >= 0.3 is 11.9 Å². The molecular formula is C28H33N5O9. The lowest BCUT2D eigenvalue weighted by Gasteiger charge is -2.26. The van der Waals surface area contributed by atoms with E-state index in [2.05, 4.69) is 15.2 Å². The number of carboxylic acids is 1. The number of morpholine rings is 1. The van der Waals surface area contributed by atoms with Crippen LogP contribution in [0, 0.1) is 10.1 Å². The normalized spacial score (nSPS) is 13.8. The van der Waals surface area contributed by atoms with Gasteiger partial charge in [-0.05, 0) is 24.6 Å². The SMILES string of the molecule is COC(=O)c1cc(OCCCN2CCOCC2)c(NCC=CCn2cnc3cc(C(=O)O)cc(OC)c32)c([N+](=O)[O-])c1. The molecule has 3 aromatic rings. The van der Waals surface area contributed by atoms with Crippen LogP contribution < -0.4 is 14.8 Å². The van der Waals surface area contributed by atoms with Gasteiger partial charge in [0.2, 0.25) is 0 Å². The number of carboxylic acid groups (broad SMARTS) is 1. The molecule has 14 nitrogen and oxygen atoms in total. The Morgan fingerprint density at radius 1 is 1.14 bits per heavy atom. The van der Waals surface area contributed by atoms with Crippen LogP contribution >= 0.6 is 0 Å². The van der Waals surface area contributed by atoms with E-state index in [0.717, 1.165) is 25.7 Å². The van der Waals surface area contributed by atoms with Crippen molar-refractivity contribution in [2.24, 2.45) is 0 Å². The Morgan fingerprint density at radius 3 is 2.60 bits per heavy atom. The topological polar surface area (TPSA) is 168 Å². The van der Waals surface area contributed by atoms with Crippen LogP contribution in [0.1, 0.15) is 27.1 Å². The number of imidazole rings is 1. The Kier molecular flexibility index (Phi) is 10.3. The van der Waals surface area contributed by atoms with Crippen LogP contribution in [0.25, 0.3) is 11.0 Å². The second kappa shape index (κ2) is 14.3. The van der Waals surface area contributed by atoms with Gasteiger partial charge in [-0.15, -0.1) is 0 Å². The summed E-state index contributed by atoms with van der Waals surface area (Å²) < 4.78 is 23.3. The Morgan fingerprint density at radius 2 is 1.90 bits per heavy atom. The van der Waals surface area contributed by atoms with Crippen LogP contribution in [0.3, 0.4) is 0 Å². The second-order valence-corrected chi connectivity index (χ2v) is 9.37. The number of esters is 1. The molecule has 0 unspecified atom stereocenters. The summed E-state index contributed by atoms with van der Waals surface area (Å²) in [5.74, 6) is -1.23. The van der Waals surface area contributed by atoms with Crippen LogP contribution in [0.4, 0.5) is 11.4 Å². The number of nitrogens with one attached hydrogen (secondary N) is 1. The number of ether oxygens (including phenoxy) is 4. The summed E-state index contributed by atoms with van der Waals surface area (Å²) in [6.07, 6.45) is 5.88. The molecule has 0 bridgehead atoms. The third kappa shape index (κ3) is 7.33. The average Bonchev–Trinajstić information content (AvgIpc) is 3.41. The number of nitrogens with zero attached hydrogens (tertiary/aromatic N) is 4. The fourth-order valence-electron chi connectivity index (χ4n) is 4.59. The number of rotatable bonds is 14. The van der Waals surface area contributed by atoms with E-state index in [-0.39, 0.29) is 34.8 Å². The van der Waals surface area contributed by atoms with E-state index in [1.54, 1.807) is 17.0 Å². The van der Waals surface area contributed by atoms with Gasteiger partial charge in [-0.2, -0.15) is 0 Å². The quantitative estimate of drug-likeness (QED) is 0.0936. The van der Waals surface area contributed by atoms with Crippen molar-refractivity contribution in [3.8, 4) is 11.5 Å². The molecule has 0 radical (unpaired) electrons. The van der Waals surface area contributed by atoms with Crippen molar-refractivity contribution in [3.63, 3.8) is 0 Å². The third-order valence-corrected chi connectivity index (χ3v) is 6.69. The number of nitro benzene ring substituents is 1. The lowest BCUT2D eigenvalue weighted by molar-refractivity contribution is -0.384. The van der Waals surface area contributed by atoms with Gasteiger partial charge in [0.25, 0.3) is 5.69 Å². The van der Waals surface area contributed by atoms with Gasteiger partial charge in [-0.25, -0.2) is 14.6 Å². The average molecular weight is 584 g/mol. The summed E-state index contributed by atoms with van der Waals surface area (Å²) in [5.41, 5.74) is 1.05. The Hall–Kier alpha value is -4.69. The highest BCUT2D eigenvalue weighted by atomic mass is 16.6. The molecule has 1 aliphatic rings. The number of benzene rings is 2. The van der Waals surface area contributed by atoms with E-state index in [1.165, 1.54) is 32.4 Å². The van der Waals surface area contributed by atoms with Gasteiger partial charge < -0.3 is 33.9 Å². The lowest BCUT2D eigenvalue weighted by atomic mass is 10.1. The largest absolute Gasteiger partial charge is 0.494 e. The molecule has 224 valence electrons. The predicted octanol–water partition coefficient (Wildman–Crippen LogP) is 3.21. The summed E-state index contributed by atoms with van der Waals surface area (Å²) in [6.45, 7) is 4.74. The van der Waals surface area contributed by atoms with Crippen molar-refractivity contribution in [2.75, 3.05) is 65.5 Å². The van der Waals surface area contributed by atoms with Gasteiger partial charge in [0.05, 0.1) is 61.9 Å². The fraction of sp³-hybridized carbons (Fsp3) is 0.393. The molecule has 42 heavy (non-hydrogen) atoms. The molecule has 1 saturated heterocycles. The molecule has 1 aromatic heterocycles. The number of methoxy groups -OCH3 is 2. The van der Waals surface area contributed by atoms with E-state index < -0.39 is 16.9 Å². The van der Waals surface area contributed by atoms with E-state index in [0.29, 0.717) is 49.6 Å². The minimum Gasteiger partial charge on any atom is -0.494 e. The molecule has 14 heteroatoms. The van der Waals surface area contributed by atoms with Crippen LogP contribution in [-0.4, -0.2) is 96.6 Å². The highest BCUT2D eigenvalue weighted by Crippen LogP contribution is 2.36. The zero-order valence-corrected chi connectivity index (χ0v) is 23.4. The van der Waals surface area contributed by atoms with Crippen LogP contribution in [0.5, 0.6) is 11.5 Å². The Balaban J connectivity index is 1.47. The molecule has 1 aliphatic heterocycles. The van der Waals surface area contributed by atoms with E-state index in [4.69, 9.17) is 18.9 Å². The number of hydrogen-bond acceptors (Lipinski definition) is 11. The van der Waals surface area contributed by atoms with Gasteiger partial charge in [0, 0.05) is 38.8 Å². The zero-order valence-electron chi connectivity index (χ0n) is 23.4. The number of anilines is 1. The monoisotopic (exact) mass is 583 g/mol. The van der Waals surface area contributed by atoms with Crippen molar-refractivity contribution >= 4 is 34.3 Å². The molecule has 2 aromatic carbocycles. The Labute approximate surface area is 241 Å². The van der Waals surface area contributed by atoms with Crippen molar-refractivity contribution < 1.29 is 38.6 Å². The van der Waals surface area contributed by atoms with Crippen molar-refractivity contribution in [1.82, 2.24) is 14.5 Å². The summed E-state index contributed by atoms with van der Waals surface area (Å²) in [4.78, 5) is 41.5. The molecule has 0 aliphatic carbocycles. The number of hydrogen-bond donors (Lipinski definition) is 2.